The Morgan fingerprint density at radius 3 is 2.65 bits per heavy atom. The fraction of sp³-hybridized carbons (Fsp3) is 0.542. The number of hydrogen-bond donors (Lipinski definition) is 6. The van der Waals surface area contributed by atoms with E-state index >= 15 is 0 Å². The van der Waals surface area contributed by atoms with Crippen LogP contribution in [0, 0.1) is 35.5 Å². The maximum atomic E-state index is 13.7. The molecule has 4 aliphatic rings. The number of aliphatic hydroxyl groups is 2. The van der Waals surface area contributed by atoms with Crippen molar-refractivity contribution in [3.05, 3.63) is 88.3 Å². The molecule has 0 unspecified atom stereocenters. The molecule has 0 spiro atoms. The number of rotatable bonds is 16. The maximum Gasteiger partial charge on any atom is 0.160 e. The quantitative estimate of drug-likeness (QED) is 0.0793. The highest BCUT2D eigenvalue weighted by atomic mass is 16.5. The number of unbranched alkanes of at least 4 members (excludes halogenated alkanes) is 1. The Bertz CT molecular complexity index is 1860. The van der Waals surface area contributed by atoms with Crippen molar-refractivity contribution in [3.8, 4) is 23.3 Å². The second kappa shape index (κ2) is 20.4. The summed E-state index contributed by atoms with van der Waals surface area (Å²) < 4.78 is 5.45. The molecule has 2 aliphatic carbocycles. The number of hydrogen-bond acceptors (Lipinski definition) is 9. The van der Waals surface area contributed by atoms with Crippen molar-refractivity contribution in [2.75, 3.05) is 20.2 Å². The summed E-state index contributed by atoms with van der Waals surface area (Å²) in [5, 5.41) is 40.9. The molecule has 306 valence electrons. The van der Waals surface area contributed by atoms with Gasteiger partial charge in [0.25, 0.3) is 0 Å². The molecule has 1 saturated carbocycles. The second-order valence-corrected chi connectivity index (χ2v) is 16.7. The summed E-state index contributed by atoms with van der Waals surface area (Å²) in [4.78, 5) is 25.6. The summed E-state index contributed by atoms with van der Waals surface area (Å²) in [6.07, 6.45) is 14.5. The van der Waals surface area contributed by atoms with Crippen molar-refractivity contribution in [3.63, 3.8) is 0 Å². The summed E-state index contributed by atoms with van der Waals surface area (Å²) in [7, 11) is 1.51. The van der Waals surface area contributed by atoms with E-state index in [1.807, 2.05) is 24.3 Å². The number of nitrogens with one attached hydrogen (secondary N) is 2. The molecule has 2 aliphatic heterocycles. The Morgan fingerprint density at radius 2 is 1.86 bits per heavy atom. The summed E-state index contributed by atoms with van der Waals surface area (Å²) in [5.41, 5.74) is 11.4. The molecule has 8 atom stereocenters. The molecule has 0 aromatic heterocycles. The number of aliphatic hydroxyl groups excluding tert-OH is 2. The van der Waals surface area contributed by atoms with Crippen molar-refractivity contribution >= 4 is 17.6 Å². The van der Waals surface area contributed by atoms with Gasteiger partial charge in [-0.3, -0.25) is 9.59 Å². The number of aryl methyl sites for hydroxylation is 1. The van der Waals surface area contributed by atoms with Crippen LogP contribution < -0.4 is 21.1 Å². The summed E-state index contributed by atoms with van der Waals surface area (Å²) >= 11 is 0. The van der Waals surface area contributed by atoms with Gasteiger partial charge < -0.3 is 36.4 Å². The summed E-state index contributed by atoms with van der Waals surface area (Å²) in [6.45, 7) is 3.75. The number of benzene rings is 2. The third-order valence-electron chi connectivity index (χ3n) is 12.8. The van der Waals surface area contributed by atoms with E-state index in [4.69, 9.17) is 10.5 Å². The first-order valence-corrected chi connectivity index (χ1v) is 21.3. The Balaban J connectivity index is 1.14. The van der Waals surface area contributed by atoms with Crippen LogP contribution in [0.3, 0.4) is 0 Å². The molecule has 9 nitrogen and oxygen atoms in total. The van der Waals surface area contributed by atoms with Gasteiger partial charge in [-0.15, -0.1) is 0 Å². The van der Waals surface area contributed by atoms with Crippen LogP contribution >= 0.6 is 0 Å². The fourth-order valence-electron chi connectivity index (χ4n) is 9.42. The van der Waals surface area contributed by atoms with Gasteiger partial charge >= 0.3 is 0 Å². The smallest absolute Gasteiger partial charge is 0.160 e. The van der Waals surface area contributed by atoms with Crippen LogP contribution in [0.25, 0.3) is 6.08 Å². The lowest BCUT2D eigenvalue weighted by Crippen LogP contribution is -2.48. The monoisotopic (exact) mass is 777 g/mol. The number of nitrogens with two attached hydrogens (primary N) is 1. The van der Waals surface area contributed by atoms with Crippen molar-refractivity contribution < 1.29 is 29.6 Å². The first kappa shape index (κ1) is 42.3. The maximum absolute atomic E-state index is 13.7. The molecule has 2 heterocycles. The van der Waals surface area contributed by atoms with Crippen molar-refractivity contribution in [2.24, 2.45) is 29.4 Å². The summed E-state index contributed by atoms with van der Waals surface area (Å²) in [6, 6.07) is 14.0. The van der Waals surface area contributed by atoms with Crippen molar-refractivity contribution in [1.82, 2.24) is 10.6 Å². The van der Waals surface area contributed by atoms with Crippen LogP contribution in [-0.2, 0) is 16.0 Å². The van der Waals surface area contributed by atoms with Crippen LogP contribution in [-0.4, -0.2) is 65.3 Å². The largest absolute Gasteiger partial charge is 0.504 e. The highest BCUT2D eigenvalue weighted by Crippen LogP contribution is 2.38. The number of Topliss-reactive ketones (excluding diaryl/α,β-unsaturated/α-hetero) is 2. The minimum absolute atomic E-state index is 0.00634. The number of ether oxygens (including phenoxy) is 1. The first-order chi connectivity index (χ1) is 27.6. The molecular formula is C48H63N3O6. The number of phenols is 1. The van der Waals surface area contributed by atoms with E-state index in [9.17, 15) is 24.9 Å². The molecule has 1 saturated heterocycles. The van der Waals surface area contributed by atoms with E-state index in [1.54, 1.807) is 12.1 Å². The zero-order valence-corrected chi connectivity index (χ0v) is 33.8. The van der Waals surface area contributed by atoms with Crippen molar-refractivity contribution in [1.29, 1.82) is 0 Å². The zero-order chi connectivity index (χ0) is 40.3. The number of dihydropyridines is 1. The Kier molecular flexibility index (Phi) is 15.1. The van der Waals surface area contributed by atoms with Crippen LogP contribution in [0.5, 0.6) is 11.5 Å². The van der Waals surface area contributed by atoms with Gasteiger partial charge in [-0.1, -0.05) is 74.1 Å². The number of aromatic hydroxyl groups is 1. The minimum atomic E-state index is -0.873. The topological polar surface area (TPSA) is 154 Å². The minimum Gasteiger partial charge on any atom is -0.504 e. The number of methoxy groups -OCH3 is 1. The Labute approximate surface area is 339 Å². The van der Waals surface area contributed by atoms with Crippen LogP contribution in [0.15, 0.2) is 71.6 Å². The van der Waals surface area contributed by atoms with E-state index in [1.165, 1.54) is 12.7 Å². The molecule has 9 heteroatoms. The molecule has 2 fully saturated rings. The molecule has 0 bridgehead atoms. The lowest BCUT2D eigenvalue weighted by atomic mass is 9.74. The normalized spacial score (nSPS) is 25.4. The zero-order valence-electron chi connectivity index (χ0n) is 33.8. The molecule has 0 radical (unpaired) electrons. The Hall–Kier alpha value is -4.36. The molecule has 6 rings (SSSR count). The summed E-state index contributed by atoms with van der Waals surface area (Å²) in [5.74, 6) is 7.76. The van der Waals surface area contributed by atoms with Gasteiger partial charge in [-0.25, -0.2) is 0 Å². The third-order valence-corrected chi connectivity index (χ3v) is 12.8. The number of ketones is 2. The molecular weight excluding hydrogens is 715 g/mol. The number of phenolic OH excluding ortho intramolecular Hbond substituents is 1. The van der Waals surface area contributed by atoms with E-state index in [-0.39, 0.29) is 29.8 Å². The average molecular weight is 778 g/mol. The van der Waals surface area contributed by atoms with Gasteiger partial charge in [0, 0.05) is 43.7 Å². The fourth-order valence-corrected chi connectivity index (χ4v) is 9.42. The average Bonchev–Trinajstić information content (AvgIpc) is 3.27. The van der Waals surface area contributed by atoms with Gasteiger partial charge in [-0.2, -0.15) is 0 Å². The van der Waals surface area contributed by atoms with E-state index in [0.717, 1.165) is 67.3 Å². The SMILES string of the molecule is CCC1=C([C@H](/C=C/c2ccccc2)C[C@H](O)CC[C@@H]2C#C[C@H]([C@H](O)CCCC[C@@H]3CN[C@@H]4CC(=O)CC[C@@H]4C3)C(=O)CCc3cc(OC)c(O)cc32)C=C(N)NC1. The number of allylic oxidation sites excluding steroid dienone is 3. The Morgan fingerprint density at radius 1 is 1.04 bits per heavy atom. The van der Waals surface area contributed by atoms with Crippen LogP contribution in [0.1, 0.15) is 113 Å². The highest BCUT2D eigenvalue weighted by Gasteiger charge is 2.35. The lowest BCUT2D eigenvalue weighted by Gasteiger charge is -2.39. The predicted molar refractivity (Wildman–Crippen MR) is 225 cm³/mol. The molecule has 2 aromatic carbocycles. The van der Waals surface area contributed by atoms with Gasteiger partial charge in [0.2, 0.25) is 0 Å². The predicted octanol–water partition coefficient (Wildman–Crippen LogP) is 6.86. The molecule has 57 heavy (non-hydrogen) atoms. The third kappa shape index (κ3) is 11.4. The second-order valence-electron chi connectivity index (χ2n) is 16.7. The van der Waals surface area contributed by atoms with Gasteiger partial charge in [0.1, 0.15) is 11.7 Å². The molecule has 2 aromatic rings. The number of piperidine rings is 1. The number of fused-ring (bicyclic) bond motifs is 2. The number of carbonyl (C=O) groups is 2. The van der Waals surface area contributed by atoms with E-state index < -0.39 is 18.1 Å². The van der Waals surface area contributed by atoms with Gasteiger partial charge in [0.05, 0.1) is 25.1 Å². The van der Waals surface area contributed by atoms with Gasteiger partial charge in [0.15, 0.2) is 17.3 Å². The van der Waals surface area contributed by atoms with E-state index in [2.05, 4.69) is 53.7 Å². The molecule has 0 amide bonds. The van der Waals surface area contributed by atoms with Crippen LogP contribution in [0.4, 0.5) is 0 Å². The number of carbonyl (C=O) groups excluding carboxylic acids is 2. The van der Waals surface area contributed by atoms with Crippen LogP contribution in [0.2, 0.25) is 0 Å². The standard InChI is InChI=1S/C48H63N3O6/c1-3-33-30-51-48(49)28-42(33)35(14-13-31-9-5-4-6-10-31)24-38(52)19-15-34-17-21-40(45(55)22-18-36-25-47(57-2)46(56)27-41(34)36)44(54)12-8-7-11-32-23-37-16-20-39(53)26-43(37)50-29-32/h4-6,9-10,13-14,25,27-28,32,34-35,37-38,40,43-44,50-52,54,56H,3,7-8,11-12,15-16,18-20,22-24,26,29-30,49H2,1-2H3/b14-13+/t32-,34+,35+,37+,38+,40+,43+,44+/m0/s1. The molecule has 7 N–H and O–H groups in total. The van der Waals surface area contributed by atoms with Crippen molar-refractivity contribution in [2.45, 2.75) is 121 Å². The first-order valence-electron chi connectivity index (χ1n) is 21.3. The van der Waals surface area contributed by atoms with Gasteiger partial charge in [-0.05, 0) is 122 Å². The van der Waals surface area contributed by atoms with E-state index in [0.29, 0.717) is 86.7 Å². The highest BCUT2D eigenvalue weighted by molar-refractivity contribution is 5.85. The lowest BCUT2D eigenvalue weighted by molar-refractivity contribution is -0.124.